The number of nitrogens with one attached hydrogen (secondary N) is 2. The number of rotatable bonds is 7. The molecular weight excluding hydrogens is 376 g/mol. The maximum Gasteiger partial charge on any atom is 0.413 e. The van der Waals surface area contributed by atoms with Crippen molar-refractivity contribution in [3.8, 4) is 0 Å². The van der Waals surface area contributed by atoms with Crippen molar-refractivity contribution in [3.05, 3.63) is 35.4 Å². The number of hydrogen-bond donors (Lipinski definition) is 2. The summed E-state index contributed by atoms with van der Waals surface area (Å²) >= 11 is 0. The monoisotopic (exact) mass is 406 g/mol. The van der Waals surface area contributed by atoms with Crippen molar-refractivity contribution in [1.29, 1.82) is 0 Å². The standard InChI is InChI=1S/C21H30N2O6/c1-7-28-20(27)22-16(24)12-29-19(26)17(13(2)3)23-18(25)14-8-10-15(11-9-14)21(4,5)6/h8-11,13,17H,7,12H2,1-6H3,(H,23,25)(H,22,24,27)/t17-/m0/s1. The molecule has 1 atom stereocenters. The number of carbonyl (C=O) groups excluding carboxylic acids is 4. The third kappa shape index (κ3) is 7.93. The lowest BCUT2D eigenvalue weighted by Gasteiger charge is -2.21. The van der Waals surface area contributed by atoms with Gasteiger partial charge in [-0.05, 0) is 36.0 Å². The van der Waals surface area contributed by atoms with Crippen molar-refractivity contribution in [2.75, 3.05) is 13.2 Å². The Kier molecular flexibility index (Phi) is 8.82. The summed E-state index contributed by atoms with van der Waals surface area (Å²) < 4.78 is 9.50. The van der Waals surface area contributed by atoms with E-state index in [1.54, 1.807) is 32.9 Å². The highest BCUT2D eigenvalue weighted by Crippen LogP contribution is 2.22. The van der Waals surface area contributed by atoms with Crippen molar-refractivity contribution in [2.45, 2.75) is 53.0 Å². The minimum absolute atomic E-state index is 0.0383. The Balaban J connectivity index is 2.70. The summed E-state index contributed by atoms with van der Waals surface area (Å²) in [4.78, 5) is 47.6. The van der Waals surface area contributed by atoms with Crippen LogP contribution in [0.25, 0.3) is 0 Å². The van der Waals surface area contributed by atoms with Gasteiger partial charge in [-0.2, -0.15) is 0 Å². The smallest absolute Gasteiger partial charge is 0.413 e. The lowest BCUT2D eigenvalue weighted by molar-refractivity contribution is -0.151. The van der Waals surface area contributed by atoms with Gasteiger partial charge in [0.15, 0.2) is 6.61 Å². The molecular formula is C21H30N2O6. The molecule has 0 saturated heterocycles. The second kappa shape index (κ2) is 10.6. The molecule has 0 fully saturated rings. The van der Waals surface area contributed by atoms with Crippen molar-refractivity contribution in [1.82, 2.24) is 10.6 Å². The molecule has 0 saturated carbocycles. The molecule has 160 valence electrons. The lowest BCUT2D eigenvalue weighted by atomic mass is 9.86. The Morgan fingerprint density at radius 2 is 1.59 bits per heavy atom. The zero-order valence-electron chi connectivity index (χ0n) is 17.8. The first kappa shape index (κ1) is 24.1. The average molecular weight is 406 g/mol. The Morgan fingerprint density at radius 1 is 1.00 bits per heavy atom. The van der Waals surface area contributed by atoms with E-state index >= 15 is 0 Å². The van der Waals surface area contributed by atoms with E-state index in [9.17, 15) is 19.2 Å². The SMILES string of the molecule is CCOC(=O)NC(=O)COC(=O)[C@@H](NC(=O)c1ccc(C(C)(C)C)cc1)C(C)C. The second-order valence-electron chi connectivity index (χ2n) is 7.90. The molecule has 8 heteroatoms. The fraction of sp³-hybridized carbons (Fsp3) is 0.524. The number of benzene rings is 1. The summed E-state index contributed by atoms with van der Waals surface area (Å²) in [6, 6.07) is 6.20. The Bertz CT molecular complexity index is 735. The molecule has 2 N–H and O–H groups in total. The predicted molar refractivity (Wildman–Crippen MR) is 107 cm³/mol. The van der Waals surface area contributed by atoms with E-state index < -0.39 is 36.5 Å². The molecule has 1 aromatic carbocycles. The van der Waals surface area contributed by atoms with Gasteiger partial charge in [0.05, 0.1) is 6.61 Å². The van der Waals surface area contributed by atoms with Gasteiger partial charge in [-0.3, -0.25) is 14.9 Å². The number of imide groups is 1. The van der Waals surface area contributed by atoms with Crippen LogP contribution >= 0.6 is 0 Å². The molecule has 0 radical (unpaired) electrons. The molecule has 3 amide bonds. The van der Waals surface area contributed by atoms with Crippen LogP contribution in [-0.4, -0.2) is 43.1 Å². The minimum atomic E-state index is -0.944. The van der Waals surface area contributed by atoms with Crippen LogP contribution in [0.15, 0.2) is 24.3 Å². The molecule has 0 aliphatic rings. The average Bonchev–Trinajstić information content (AvgIpc) is 2.63. The summed E-state index contributed by atoms with van der Waals surface area (Å²) in [5.74, 6) is -2.27. The molecule has 0 aliphatic heterocycles. The van der Waals surface area contributed by atoms with Crippen LogP contribution in [0.2, 0.25) is 0 Å². The van der Waals surface area contributed by atoms with Crippen LogP contribution in [0.1, 0.15) is 57.5 Å². The van der Waals surface area contributed by atoms with Gasteiger partial charge in [0.1, 0.15) is 6.04 Å². The van der Waals surface area contributed by atoms with Crippen molar-refractivity contribution >= 4 is 23.9 Å². The fourth-order valence-corrected chi connectivity index (χ4v) is 2.39. The highest BCUT2D eigenvalue weighted by Gasteiger charge is 2.27. The quantitative estimate of drug-likeness (QED) is 0.673. The Hall–Kier alpha value is -2.90. The zero-order chi connectivity index (χ0) is 22.2. The Labute approximate surface area is 171 Å². The van der Waals surface area contributed by atoms with E-state index in [0.717, 1.165) is 5.56 Å². The molecule has 0 aliphatic carbocycles. The molecule has 1 rings (SSSR count). The molecule has 8 nitrogen and oxygen atoms in total. The van der Waals surface area contributed by atoms with Crippen LogP contribution in [-0.2, 0) is 24.5 Å². The minimum Gasteiger partial charge on any atom is -0.454 e. The molecule has 0 heterocycles. The van der Waals surface area contributed by atoms with E-state index in [0.29, 0.717) is 5.56 Å². The van der Waals surface area contributed by atoms with Crippen LogP contribution in [0.5, 0.6) is 0 Å². The molecule has 1 aromatic rings. The van der Waals surface area contributed by atoms with Crippen LogP contribution in [0.3, 0.4) is 0 Å². The van der Waals surface area contributed by atoms with E-state index in [1.165, 1.54) is 0 Å². The second-order valence-corrected chi connectivity index (χ2v) is 7.90. The van der Waals surface area contributed by atoms with E-state index in [2.05, 4.69) is 30.8 Å². The third-order valence-corrected chi connectivity index (χ3v) is 4.08. The van der Waals surface area contributed by atoms with Gasteiger partial charge in [-0.1, -0.05) is 46.8 Å². The highest BCUT2D eigenvalue weighted by atomic mass is 16.6. The topological polar surface area (TPSA) is 111 Å². The molecule has 0 bridgehead atoms. The van der Waals surface area contributed by atoms with Crippen molar-refractivity contribution in [2.24, 2.45) is 5.92 Å². The van der Waals surface area contributed by atoms with Crippen molar-refractivity contribution in [3.63, 3.8) is 0 Å². The molecule has 0 spiro atoms. The van der Waals surface area contributed by atoms with Gasteiger partial charge < -0.3 is 14.8 Å². The number of hydrogen-bond acceptors (Lipinski definition) is 6. The first-order valence-electron chi connectivity index (χ1n) is 9.50. The van der Waals surface area contributed by atoms with Crippen LogP contribution in [0, 0.1) is 5.92 Å². The summed E-state index contributed by atoms with van der Waals surface area (Å²) in [7, 11) is 0. The van der Waals surface area contributed by atoms with Gasteiger partial charge in [0.25, 0.3) is 11.8 Å². The largest absolute Gasteiger partial charge is 0.454 e. The fourth-order valence-electron chi connectivity index (χ4n) is 2.39. The van der Waals surface area contributed by atoms with Gasteiger partial charge in [0.2, 0.25) is 0 Å². The number of ether oxygens (including phenoxy) is 2. The lowest BCUT2D eigenvalue weighted by Crippen LogP contribution is -2.46. The predicted octanol–water partition coefficient (Wildman–Crippen LogP) is 2.55. The van der Waals surface area contributed by atoms with Crippen molar-refractivity contribution < 1.29 is 28.7 Å². The van der Waals surface area contributed by atoms with E-state index in [1.807, 2.05) is 17.4 Å². The first-order valence-corrected chi connectivity index (χ1v) is 9.50. The molecule has 0 unspecified atom stereocenters. The van der Waals surface area contributed by atoms with Crippen LogP contribution < -0.4 is 10.6 Å². The molecule has 0 aromatic heterocycles. The maximum absolute atomic E-state index is 12.5. The van der Waals surface area contributed by atoms with E-state index in [4.69, 9.17) is 4.74 Å². The summed E-state index contributed by atoms with van der Waals surface area (Å²) in [5, 5.41) is 4.56. The Morgan fingerprint density at radius 3 is 2.07 bits per heavy atom. The normalized spacial score (nSPS) is 12.1. The summed E-state index contributed by atoms with van der Waals surface area (Å²) in [6.07, 6.45) is -0.916. The van der Waals surface area contributed by atoms with Gasteiger partial charge in [-0.15, -0.1) is 0 Å². The van der Waals surface area contributed by atoms with Crippen LogP contribution in [0.4, 0.5) is 4.79 Å². The number of esters is 1. The zero-order valence-corrected chi connectivity index (χ0v) is 17.8. The summed E-state index contributed by atoms with van der Waals surface area (Å²) in [5.41, 5.74) is 1.46. The first-order chi connectivity index (χ1) is 13.5. The third-order valence-electron chi connectivity index (χ3n) is 4.08. The summed E-state index contributed by atoms with van der Waals surface area (Å²) in [6.45, 7) is 10.8. The number of amides is 3. The van der Waals surface area contributed by atoms with Gasteiger partial charge in [-0.25, -0.2) is 9.59 Å². The highest BCUT2D eigenvalue weighted by molar-refractivity contribution is 5.97. The molecule has 29 heavy (non-hydrogen) atoms. The van der Waals surface area contributed by atoms with E-state index in [-0.39, 0.29) is 17.9 Å². The number of carbonyl (C=O) groups is 4. The number of alkyl carbamates (subject to hydrolysis) is 1. The maximum atomic E-state index is 12.5. The van der Waals surface area contributed by atoms with Gasteiger partial charge >= 0.3 is 12.1 Å². The van der Waals surface area contributed by atoms with Gasteiger partial charge in [0, 0.05) is 5.56 Å².